The highest BCUT2D eigenvalue weighted by molar-refractivity contribution is 5.64. The van der Waals surface area contributed by atoms with Crippen LogP contribution in [0.15, 0.2) is 0 Å². The van der Waals surface area contributed by atoms with E-state index in [1.807, 2.05) is 0 Å². The molecule has 0 aliphatic rings. The summed E-state index contributed by atoms with van der Waals surface area (Å²) in [5, 5.41) is 0. The Morgan fingerprint density at radius 1 is 2.00 bits per heavy atom. The second-order valence-corrected chi connectivity index (χ2v) is 0.418. The number of rotatable bonds is 0. The van der Waals surface area contributed by atoms with Gasteiger partial charge in [-0.05, 0) is 0 Å². The van der Waals surface area contributed by atoms with E-state index in [0.717, 1.165) is 0 Å². The van der Waals surface area contributed by atoms with E-state index in [-0.39, 0.29) is 0 Å². The third-order valence-corrected chi connectivity index (χ3v) is 0.113. The summed E-state index contributed by atoms with van der Waals surface area (Å²) >= 11 is 0. The first-order valence-electron chi connectivity index (χ1n) is 0.932. The summed E-state index contributed by atoms with van der Waals surface area (Å²) in [7, 11) is 0. The van der Waals surface area contributed by atoms with Gasteiger partial charge in [-0.1, -0.05) is 0 Å². The first-order valence-corrected chi connectivity index (χ1v) is 0.932. The molecular formula is CH3FN2O. The van der Waals surface area contributed by atoms with Gasteiger partial charge in [0.25, 0.3) is 0 Å². The molecule has 0 fully saturated rings. The molecule has 0 radical (unpaired) electrons. The van der Waals surface area contributed by atoms with Crippen LogP contribution in [0.1, 0.15) is 0 Å². The lowest BCUT2D eigenvalue weighted by molar-refractivity contribution is 0.222. The summed E-state index contributed by atoms with van der Waals surface area (Å²) in [5.41, 5.74) is 1.22. The van der Waals surface area contributed by atoms with Gasteiger partial charge < -0.3 is 0 Å². The molecule has 30 valence electrons. The standard InChI is InChI=1S/CH3FN2O/c2-1(5)4-3/h3H2,(H,4,5). The molecule has 0 aromatic carbocycles. The molecule has 0 saturated carbocycles. The number of halogens is 1. The van der Waals surface area contributed by atoms with Crippen LogP contribution in [0, 0.1) is 0 Å². The van der Waals surface area contributed by atoms with Crippen LogP contribution in [0.4, 0.5) is 9.18 Å². The zero-order chi connectivity index (χ0) is 4.28. The highest BCUT2D eigenvalue weighted by atomic mass is 19.1. The van der Waals surface area contributed by atoms with Crippen LogP contribution in [-0.2, 0) is 0 Å². The molecule has 0 aromatic heterocycles. The summed E-state index contributed by atoms with van der Waals surface area (Å²) < 4.78 is 10.6. The molecule has 4 heteroatoms. The molecule has 0 heterocycles. The van der Waals surface area contributed by atoms with E-state index in [0.29, 0.717) is 0 Å². The van der Waals surface area contributed by atoms with Crippen LogP contribution in [0.25, 0.3) is 0 Å². The van der Waals surface area contributed by atoms with E-state index in [1.54, 1.807) is 0 Å². The van der Waals surface area contributed by atoms with Crippen molar-refractivity contribution in [3.63, 3.8) is 0 Å². The number of carbonyl (C=O) groups is 1. The van der Waals surface area contributed by atoms with Gasteiger partial charge in [0.15, 0.2) is 0 Å². The smallest absolute Gasteiger partial charge is 0.266 e. The third kappa shape index (κ3) is 3.36. The van der Waals surface area contributed by atoms with Crippen molar-refractivity contribution >= 4 is 6.16 Å². The number of nitrogens with one attached hydrogen (secondary N) is 1. The number of carbonyl (C=O) groups excluding carboxylic acids is 1. The number of hydrogen-bond acceptors (Lipinski definition) is 2. The van der Waals surface area contributed by atoms with Crippen LogP contribution in [0.3, 0.4) is 0 Å². The minimum atomic E-state index is -1.72. The van der Waals surface area contributed by atoms with E-state index in [4.69, 9.17) is 4.79 Å². The molecule has 5 heavy (non-hydrogen) atoms. The highest BCUT2D eigenvalue weighted by Crippen LogP contribution is 1.58. The van der Waals surface area contributed by atoms with Gasteiger partial charge in [-0.3, -0.25) is 5.43 Å². The monoisotopic (exact) mass is 78.0 g/mol. The second-order valence-electron chi connectivity index (χ2n) is 0.418. The van der Waals surface area contributed by atoms with Crippen LogP contribution in [0.5, 0.6) is 0 Å². The predicted molar refractivity (Wildman–Crippen MR) is 13.8 cm³/mol. The minimum absolute atomic E-state index is 1.22. The molecule has 0 aliphatic carbocycles. The molecule has 0 rings (SSSR count). The quantitative estimate of drug-likeness (QED) is 0.135. The van der Waals surface area contributed by atoms with Crippen LogP contribution in [0.2, 0.25) is 0 Å². The third-order valence-electron chi connectivity index (χ3n) is 0.113. The largest absolute Gasteiger partial charge is 0.411 e. The molecule has 0 unspecified atom stereocenters. The normalized spacial score (nSPS) is 6.80. The minimum Gasteiger partial charge on any atom is -0.266 e. The Morgan fingerprint density at radius 2 is 2.20 bits per heavy atom. The summed E-state index contributed by atoms with van der Waals surface area (Å²) in [6.45, 7) is 0. The molecule has 0 saturated heterocycles. The lowest BCUT2D eigenvalue weighted by Crippen LogP contribution is -2.24. The molecule has 1 amide bonds. The van der Waals surface area contributed by atoms with E-state index >= 15 is 0 Å². The topological polar surface area (TPSA) is 55.1 Å². The number of nitrogens with two attached hydrogens (primary N) is 1. The van der Waals surface area contributed by atoms with Crippen LogP contribution < -0.4 is 11.3 Å². The Balaban J connectivity index is 2.85. The Hall–Kier alpha value is -0.640. The molecule has 0 aromatic rings. The first-order chi connectivity index (χ1) is 2.27. The summed E-state index contributed by atoms with van der Waals surface area (Å²) in [6.07, 6.45) is -1.72. The van der Waals surface area contributed by atoms with Crippen LogP contribution >= 0.6 is 0 Å². The van der Waals surface area contributed by atoms with E-state index in [1.165, 1.54) is 5.43 Å². The number of hydrazine groups is 1. The number of amides is 1. The lowest BCUT2D eigenvalue weighted by Gasteiger charge is -1.75. The van der Waals surface area contributed by atoms with Crippen molar-refractivity contribution < 1.29 is 9.18 Å². The zero-order valence-electron chi connectivity index (χ0n) is 2.36. The Bertz CT molecular complexity index is 44.9. The fourth-order valence-corrected chi connectivity index (χ4v) is 0. The van der Waals surface area contributed by atoms with Crippen LogP contribution in [-0.4, -0.2) is 6.16 Å². The Kier molecular flexibility index (Phi) is 1.45. The van der Waals surface area contributed by atoms with E-state index in [2.05, 4.69) is 5.84 Å². The van der Waals surface area contributed by atoms with Gasteiger partial charge in [0.1, 0.15) is 0 Å². The fourth-order valence-electron chi connectivity index (χ4n) is 0. The molecule has 3 nitrogen and oxygen atoms in total. The maximum absolute atomic E-state index is 10.6. The van der Waals surface area contributed by atoms with Gasteiger partial charge in [-0.2, -0.15) is 0 Å². The van der Waals surface area contributed by atoms with Gasteiger partial charge in [0, 0.05) is 0 Å². The summed E-state index contributed by atoms with van der Waals surface area (Å²) in [6, 6.07) is 0. The van der Waals surface area contributed by atoms with Gasteiger partial charge in [-0.15, -0.1) is 4.39 Å². The maximum atomic E-state index is 10.6. The SMILES string of the molecule is NNC(=O)F. The van der Waals surface area contributed by atoms with Gasteiger partial charge in [0.2, 0.25) is 0 Å². The van der Waals surface area contributed by atoms with Gasteiger partial charge in [0.05, 0.1) is 0 Å². The van der Waals surface area contributed by atoms with Crippen molar-refractivity contribution in [3.8, 4) is 0 Å². The predicted octanol–water partition coefficient (Wildman–Crippen LogP) is -0.461. The van der Waals surface area contributed by atoms with Crippen molar-refractivity contribution in [2.75, 3.05) is 0 Å². The Labute approximate surface area is 27.9 Å². The second kappa shape index (κ2) is 1.66. The van der Waals surface area contributed by atoms with Crippen molar-refractivity contribution in [2.45, 2.75) is 0 Å². The molecule has 0 atom stereocenters. The average molecular weight is 78.0 g/mol. The van der Waals surface area contributed by atoms with Gasteiger partial charge >= 0.3 is 6.16 Å². The lowest BCUT2D eigenvalue weighted by atomic mass is 11.3. The first kappa shape index (κ1) is 4.36. The maximum Gasteiger partial charge on any atom is 0.411 e. The van der Waals surface area contributed by atoms with Crippen molar-refractivity contribution in [1.82, 2.24) is 5.43 Å². The summed E-state index contributed by atoms with van der Waals surface area (Å²) in [5.74, 6) is 4.20. The van der Waals surface area contributed by atoms with Crippen molar-refractivity contribution in [1.29, 1.82) is 0 Å². The highest BCUT2D eigenvalue weighted by Gasteiger charge is 1.80. The number of hydrogen-bond donors (Lipinski definition) is 2. The van der Waals surface area contributed by atoms with Crippen molar-refractivity contribution in [2.24, 2.45) is 5.84 Å². The molecule has 0 spiro atoms. The molecule has 0 bridgehead atoms. The van der Waals surface area contributed by atoms with Gasteiger partial charge in [-0.25, -0.2) is 10.6 Å². The summed E-state index contributed by atoms with van der Waals surface area (Å²) in [4.78, 5) is 8.91. The molecular weight excluding hydrogens is 75.0 g/mol. The Morgan fingerprint density at radius 3 is 2.20 bits per heavy atom. The molecule has 3 N–H and O–H groups in total. The van der Waals surface area contributed by atoms with E-state index in [9.17, 15) is 4.39 Å². The van der Waals surface area contributed by atoms with E-state index < -0.39 is 6.16 Å². The van der Waals surface area contributed by atoms with Crippen molar-refractivity contribution in [3.05, 3.63) is 0 Å². The average Bonchev–Trinajstić information content (AvgIpc) is 1.38. The molecule has 0 aliphatic heterocycles. The zero-order valence-corrected chi connectivity index (χ0v) is 2.36. The fraction of sp³-hybridized carbons (Fsp3) is 0.